The smallest absolute Gasteiger partial charge is 0.223 e. The number of ether oxygens (including phenoxy) is 1. The number of halogens is 3. The van der Waals surface area contributed by atoms with Gasteiger partial charge in [0.1, 0.15) is 16.2 Å². The van der Waals surface area contributed by atoms with Crippen LogP contribution in [0.15, 0.2) is 33.3 Å². The summed E-state index contributed by atoms with van der Waals surface area (Å²) in [6.07, 6.45) is 0. The van der Waals surface area contributed by atoms with Crippen LogP contribution in [0.2, 0.25) is 5.02 Å². The molecule has 0 spiro atoms. The maximum atomic E-state index is 6.05. The van der Waals surface area contributed by atoms with Crippen molar-refractivity contribution in [1.29, 1.82) is 0 Å². The fourth-order valence-corrected chi connectivity index (χ4v) is 2.39. The summed E-state index contributed by atoms with van der Waals surface area (Å²) >= 11 is 12.7. The second-order valence-corrected chi connectivity index (χ2v) is 5.39. The Balaban J connectivity index is 2.31. The molecule has 2 rings (SSSR count). The van der Waals surface area contributed by atoms with Crippen LogP contribution >= 0.6 is 43.5 Å². The lowest BCUT2D eigenvalue weighted by atomic mass is 10.3. The number of rotatable bonds is 2. The van der Waals surface area contributed by atoms with Gasteiger partial charge in [-0.05, 0) is 41.1 Å². The minimum atomic E-state index is 0.452. The first-order valence-electron chi connectivity index (χ1n) is 4.69. The van der Waals surface area contributed by atoms with E-state index in [0.29, 0.717) is 27.1 Å². The summed E-state index contributed by atoms with van der Waals surface area (Å²) in [7, 11) is 0. The maximum Gasteiger partial charge on any atom is 0.223 e. The van der Waals surface area contributed by atoms with Gasteiger partial charge in [0.05, 0.1) is 5.02 Å². The molecule has 3 nitrogen and oxygen atoms in total. The Morgan fingerprint density at radius 1 is 1.18 bits per heavy atom. The summed E-state index contributed by atoms with van der Waals surface area (Å²) in [5.74, 6) is 1.64. The molecule has 1 aromatic carbocycles. The highest BCUT2D eigenvalue weighted by Gasteiger charge is 2.06. The highest BCUT2D eigenvalue weighted by Crippen LogP contribution is 2.31. The Hall–Kier alpha value is -0.650. The van der Waals surface area contributed by atoms with E-state index in [-0.39, 0.29) is 0 Å². The van der Waals surface area contributed by atoms with E-state index in [0.717, 1.165) is 4.47 Å². The lowest BCUT2D eigenvalue weighted by Gasteiger charge is -2.07. The third-order valence-electron chi connectivity index (χ3n) is 1.89. The van der Waals surface area contributed by atoms with Crippen molar-refractivity contribution in [3.05, 3.63) is 44.2 Å². The summed E-state index contributed by atoms with van der Waals surface area (Å²) in [5, 5.41) is 0.520. The third kappa shape index (κ3) is 3.40. The molecule has 17 heavy (non-hydrogen) atoms. The van der Waals surface area contributed by atoms with Crippen LogP contribution in [0.25, 0.3) is 0 Å². The van der Waals surface area contributed by atoms with Gasteiger partial charge in [-0.2, -0.15) is 4.98 Å². The molecule has 0 fully saturated rings. The Bertz CT molecular complexity index is 543. The predicted molar refractivity (Wildman–Crippen MR) is 73.7 cm³/mol. The van der Waals surface area contributed by atoms with Gasteiger partial charge in [0.2, 0.25) is 5.88 Å². The topological polar surface area (TPSA) is 35.0 Å². The Morgan fingerprint density at radius 3 is 2.59 bits per heavy atom. The molecule has 0 atom stereocenters. The van der Waals surface area contributed by atoms with Crippen molar-refractivity contribution in [2.24, 2.45) is 0 Å². The molecule has 0 aliphatic carbocycles. The molecule has 0 unspecified atom stereocenters. The van der Waals surface area contributed by atoms with Crippen LogP contribution in [-0.4, -0.2) is 9.97 Å². The van der Waals surface area contributed by atoms with Crippen LogP contribution in [0.4, 0.5) is 0 Å². The SMILES string of the molecule is Cc1nc(Br)cc(Oc2ccc(Br)cc2Cl)n1. The van der Waals surface area contributed by atoms with E-state index in [1.165, 1.54) is 0 Å². The molecule has 0 saturated carbocycles. The predicted octanol–water partition coefficient (Wildman–Crippen LogP) is 4.76. The van der Waals surface area contributed by atoms with Gasteiger partial charge in [0, 0.05) is 10.5 Å². The summed E-state index contributed by atoms with van der Waals surface area (Å²) in [6.45, 7) is 1.79. The van der Waals surface area contributed by atoms with Crippen molar-refractivity contribution < 1.29 is 4.74 Å². The van der Waals surface area contributed by atoms with Crippen LogP contribution in [-0.2, 0) is 0 Å². The summed E-state index contributed by atoms with van der Waals surface area (Å²) < 4.78 is 7.16. The molecule has 88 valence electrons. The molecule has 2 aromatic rings. The molecule has 0 bridgehead atoms. The van der Waals surface area contributed by atoms with Gasteiger partial charge in [-0.25, -0.2) is 4.98 Å². The van der Waals surface area contributed by atoms with Crippen LogP contribution in [0.5, 0.6) is 11.6 Å². The van der Waals surface area contributed by atoms with E-state index in [9.17, 15) is 0 Å². The second-order valence-electron chi connectivity index (χ2n) is 3.25. The first-order chi connectivity index (χ1) is 8.04. The van der Waals surface area contributed by atoms with Gasteiger partial charge >= 0.3 is 0 Å². The van der Waals surface area contributed by atoms with E-state index in [1.54, 1.807) is 25.1 Å². The largest absolute Gasteiger partial charge is 0.437 e. The molecule has 0 aliphatic heterocycles. The van der Waals surface area contributed by atoms with Crippen LogP contribution in [0.3, 0.4) is 0 Å². The van der Waals surface area contributed by atoms with Crippen LogP contribution in [0, 0.1) is 6.92 Å². The zero-order valence-electron chi connectivity index (χ0n) is 8.75. The molecule has 0 radical (unpaired) electrons. The quantitative estimate of drug-likeness (QED) is 0.707. The fraction of sp³-hybridized carbons (Fsp3) is 0.0909. The number of benzene rings is 1. The zero-order chi connectivity index (χ0) is 12.4. The Kier molecular flexibility index (Phi) is 4.01. The van der Waals surface area contributed by atoms with Crippen molar-refractivity contribution in [2.75, 3.05) is 0 Å². The van der Waals surface area contributed by atoms with Gasteiger partial charge in [0.15, 0.2) is 0 Å². The number of nitrogens with zero attached hydrogens (tertiary/aromatic N) is 2. The average molecular weight is 378 g/mol. The first kappa shape index (κ1) is 12.8. The van der Waals surface area contributed by atoms with Gasteiger partial charge < -0.3 is 4.74 Å². The Morgan fingerprint density at radius 2 is 1.94 bits per heavy atom. The molecule has 1 aromatic heterocycles. The summed E-state index contributed by atoms with van der Waals surface area (Å²) in [4.78, 5) is 8.26. The highest BCUT2D eigenvalue weighted by atomic mass is 79.9. The summed E-state index contributed by atoms with van der Waals surface area (Å²) in [6, 6.07) is 7.08. The van der Waals surface area contributed by atoms with Crippen molar-refractivity contribution in [3.63, 3.8) is 0 Å². The van der Waals surface area contributed by atoms with Gasteiger partial charge in [-0.15, -0.1) is 0 Å². The molecule has 0 N–H and O–H groups in total. The molecule has 1 heterocycles. The van der Waals surface area contributed by atoms with Crippen molar-refractivity contribution in [2.45, 2.75) is 6.92 Å². The standard InChI is InChI=1S/C11H7Br2ClN2O/c1-6-15-10(13)5-11(16-6)17-9-3-2-7(12)4-8(9)14/h2-5H,1H3. The number of aromatic nitrogens is 2. The normalized spacial score (nSPS) is 10.4. The molecule has 0 saturated heterocycles. The number of hydrogen-bond donors (Lipinski definition) is 0. The highest BCUT2D eigenvalue weighted by molar-refractivity contribution is 9.10. The van der Waals surface area contributed by atoms with Crippen molar-refractivity contribution in [3.8, 4) is 11.6 Å². The van der Waals surface area contributed by atoms with Gasteiger partial charge in [0.25, 0.3) is 0 Å². The zero-order valence-corrected chi connectivity index (χ0v) is 12.7. The van der Waals surface area contributed by atoms with Gasteiger partial charge in [-0.3, -0.25) is 0 Å². The maximum absolute atomic E-state index is 6.05. The Labute approximate surface area is 120 Å². The van der Waals surface area contributed by atoms with Crippen molar-refractivity contribution >= 4 is 43.5 Å². The third-order valence-corrected chi connectivity index (χ3v) is 3.09. The lowest BCUT2D eigenvalue weighted by Crippen LogP contribution is -1.93. The monoisotopic (exact) mass is 376 g/mol. The number of hydrogen-bond acceptors (Lipinski definition) is 3. The minimum Gasteiger partial charge on any atom is -0.437 e. The fourth-order valence-electron chi connectivity index (χ4n) is 1.23. The molecule has 0 amide bonds. The number of aryl methyl sites for hydroxylation is 1. The molecular weight excluding hydrogens is 371 g/mol. The first-order valence-corrected chi connectivity index (χ1v) is 6.65. The van der Waals surface area contributed by atoms with Crippen LogP contribution in [0.1, 0.15) is 5.82 Å². The van der Waals surface area contributed by atoms with E-state index < -0.39 is 0 Å². The van der Waals surface area contributed by atoms with E-state index in [2.05, 4.69) is 41.8 Å². The van der Waals surface area contributed by atoms with Crippen molar-refractivity contribution in [1.82, 2.24) is 9.97 Å². The molecule has 6 heteroatoms. The minimum absolute atomic E-state index is 0.452. The van der Waals surface area contributed by atoms with Gasteiger partial charge in [-0.1, -0.05) is 27.5 Å². The summed E-state index contributed by atoms with van der Waals surface area (Å²) in [5.41, 5.74) is 0. The molecular formula is C11H7Br2ClN2O. The second kappa shape index (κ2) is 5.33. The van der Waals surface area contributed by atoms with Crippen LogP contribution < -0.4 is 4.74 Å². The lowest BCUT2D eigenvalue weighted by molar-refractivity contribution is 0.459. The average Bonchev–Trinajstić information content (AvgIpc) is 2.21. The van der Waals surface area contributed by atoms with E-state index in [4.69, 9.17) is 16.3 Å². The van der Waals surface area contributed by atoms with E-state index >= 15 is 0 Å². The molecule has 0 aliphatic rings. The van der Waals surface area contributed by atoms with E-state index in [1.807, 2.05) is 6.07 Å².